The summed E-state index contributed by atoms with van der Waals surface area (Å²) >= 11 is 0. The minimum atomic E-state index is -0.104. The number of hydrogen-bond acceptors (Lipinski definition) is 4. The van der Waals surface area contributed by atoms with Crippen molar-refractivity contribution in [3.8, 4) is 5.75 Å². The number of hydrogen-bond donors (Lipinski definition) is 1. The standard InChI is InChI=1S/C24H31N3O3/c1-3-25-24(27-15-13-21(14-16-27)23(28)29-2)26-17-19-9-11-20(12-10-19)18-30-22-7-5-4-6-8-22/h4-12,21H,3,13-18H2,1-2H3,(H,25,26). The van der Waals surface area contributed by atoms with E-state index in [-0.39, 0.29) is 11.9 Å². The number of esters is 1. The van der Waals surface area contributed by atoms with Crippen LogP contribution in [-0.2, 0) is 22.7 Å². The number of piperidine rings is 1. The van der Waals surface area contributed by atoms with Crippen molar-refractivity contribution >= 4 is 11.9 Å². The lowest BCUT2D eigenvalue weighted by atomic mass is 9.97. The van der Waals surface area contributed by atoms with Crippen LogP contribution in [-0.4, -0.2) is 43.6 Å². The van der Waals surface area contributed by atoms with Crippen molar-refractivity contribution in [2.24, 2.45) is 10.9 Å². The molecule has 160 valence electrons. The zero-order chi connectivity index (χ0) is 21.2. The summed E-state index contributed by atoms with van der Waals surface area (Å²) in [7, 11) is 1.46. The zero-order valence-corrected chi connectivity index (χ0v) is 17.8. The van der Waals surface area contributed by atoms with E-state index in [1.165, 1.54) is 7.11 Å². The second kappa shape index (κ2) is 11.2. The molecule has 6 nitrogen and oxygen atoms in total. The maximum atomic E-state index is 11.7. The third kappa shape index (κ3) is 6.24. The smallest absolute Gasteiger partial charge is 0.308 e. The highest BCUT2D eigenvalue weighted by molar-refractivity contribution is 5.80. The summed E-state index contributed by atoms with van der Waals surface area (Å²) in [4.78, 5) is 18.8. The van der Waals surface area contributed by atoms with Gasteiger partial charge in [-0.1, -0.05) is 42.5 Å². The Hall–Kier alpha value is -3.02. The van der Waals surface area contributed by atoms with E-state index in [4.69, 9.17) is 14.5 Å². The number of methoxy groups -OCH3 is 1. The second-order valence-electron chi connectivity index (χ2n) is 7.37. The number of carbonyl (C=O) groups excluding carboxylic acids is 1. The van der Waals surface area contributed by atoms with Crippen molar-refractivity contribution in [1.29, 1.82) is 0 Å². The fourth-order valence-electron chi connectivity index (χ4n) is 3.51. The SMILES string of the molecule is CCNC(=NCc1ccc(COc2ccccc2)cc1)N1CCC(C(=O)OC)CC1. The van der Waals surface area contributed by atoms with Crippen molar-refractivity contribution in [1.82, 2.24) is 10.2 Å². The average molecular weight is 410 g/mol. The molecule has 0 unspecified atom stereocenters. The van der Waals surface area contributed by atoms with E-state index >= 15 is 0 Å². The molecule has 0 radical (unpaired) electrons. The number of likely N-dealkylation sites (tertiary alicyclic amines) is 1. The molecule has 0 aromatic heterocycles. The lowest BCUT2D eigenvalue weighted by Gasteiger charge is -2.33. The van der Waals surface area contributed by atoms with Crippen LogP contribution in [0.3, 0.4) is 0 Å². The molecule has 1 fully saturated rings. The largest absolute Gasteiger partial charge is 0.489 e. The van der Waals surface area contributed by atoms with Crippen molar-refractivity contribution in [2.75, 3.05) is 26.7 Å². The number of para-hydroxylation sites is 1. The Balaban J connectivity index is 1.53. The average Bonchev–Trinajstić information content (AvgIpc) is 2.81. The van der Waals surface area contributed by atoms with Crippen LogP contribution in [0, 0.1) is 5.92 Å². The quantitative estimate of drug-likeness (QED) is 0.430. The molecule has 1 aliphatic heterocycles. The number of rotatable bonds is 7. The Morgan fingerprint density at radius 1 is 1.07 bits per heavy atom. The van der Waals surface area contributed by atoms with Gasteiger partial charge in [-0.15, -0.1) is 0 Å². The number of nitrogens with zero attached hydrogens (tertiary/aromatic N) is 2. The van der Waals surface area contributed by atoms with Crippen LogP contribution >= 0.6 is 0 Å². The van der Waals surface area contributed by atoms with Gasteiger partial charge in [0.2, 0.25) is 0 Å². The summed E-state index contributed by atoms with van der Waals surface area (Å²) in [5, 5.41) is 3.37. The topological polar surface area (TPSA) is 63.2 Å². The molecule has 3 rings (SSSR count). The van der Waals surface area contributed by atoms with E-state index in [2.05, 4.69) is 41.4 Å². The van der Waals surface area contributed by atoms with Crippen molar-refractivity contribution < 1.29 is 14.3 Å². The summed E-state index contributed by atoms with van der Waals surface area (Å²) in [5.74, 6) is 1.67. The molecule has 0 bridgehead atoms. The van der Waals surface area contributed by atoms with Crippen molar-refractivity contribution in [3.05, 3.63) is 65.7 Å². The van der Waals surface area contributed by atoms with E-state index in [0.29, 0.717) is 13.2 Å². The molecule has 2 aromatic carbocycles. The number of carbonyl (C=O) groups is 1. The Morgan fingerprint density at radius 2 is 1.73 bits per heavy atom. The molecule has 0 spiro atoms. The first-order chi connectivity index (χ1) is 14.7. The van der Waals surface area contributed by atoms with Crippen LogP contribution in [0.2, 0.25) is 0 Å². The van der Waals surface area contributed by atoms with Gasteiger partial charge < -0.3 is 19.7 Å². The molecule has 2 aromatic rings. The maximum Gasteiger partial charge on any atom is 0.308 e. The van der Waals surface area contributed by atoms with Gasteiger partial charge in [0.1, 0.15) is 12.4 Å². The van der Waals surface area contributed by atoms with E-state index in [9.17, 15) is 4.79 Å². The van der Waals surface area contributed by atoms with Crippen LogP contribution in [0.15, 0.2) is 59.6 Å². The molecule has 1 heterocycles. The third-order valence-corrected chi connectivity index (χ3v) is 5.25. The molecular formula is C24H31N3O3. The summed E-state index contributed by atoms with van der Waals surface area (Å²) < 4.78 is 10.7. The van der Waals surface area contributed by atoms with Gasteiger partial charge >= 0.3 is 5.97 Å². The predicted molar refractivity (Wildman–Crippen MR) is 118 cm³/mol. The minimum absolute atomic E-state index is 0.000208. The highest BCUT2D eigenvalue weighted by Crippen LogP contribution is 2.19. The van der Waals surface area contributed by atoms with Crippen LogP contribution in [0.5, 0.6) is 5.75 Å². The van der Waals surface area contributed by atoms with Crippen LogP contribution in [0.4, 0.5) is 0 Å². The molecule has 1 N–H and O–H groups in total. The van der Waals surface area contributed by atoms with Crippen LogP contribution in [0.1, 0.15) is 30.9 Å². The Kier molecular flexibility index (Phi) is 8.12. The third-order valence-electron chi connectivity index (χ3n) is 5.25. The summed E-state index contributed by atoms with van der Waals surface area (Å²) in [5.41, 5.74) is 2.28. The second-order valence-corrected chi connectivity index (χ2v) is 7.37. The van der Waals surface area contributed by atoms with E-state index in [0.717, 1.165) is 55.3 Å². The summed E-state index contributed by atoms with van der Waals surface area (Å²) in [6, 6.07) is 18.2. The number of aliphatic imine (C=N–C) groups is 1. The van der Waals surface area contributed by atoms with Gasteiger partial charge in [0.15, 0.2) is 5.96 Å². The highest BCUT2D eigenvalue weighted by atomic mass is 16.5. The van der Waals surface area contributed by atoms with Gasteiger partial charge in [-0.05, 0) is 43.0 Å². The monoisotopic (exact) mass is 409 g/mol. The number of ether oxygens (including phenoxy) is 2. The zero-order valence-electron chi connectivity index (χ0n) is 17.8. The number of benzene rings is 2. The number of guanidine groups is 1. The van der Waals surface area contributed by atoms with Gasteiger partial charge in [0.05, 0.1) is 19.6 Å². The first kappa shape index (κ1) is 21.7. The first-order valence-electron chi connectivity index (χ1n) is 10.6. The van der Waals surface area contributed by atoms with Gasteiger partial charge in [-0.25, -0.2) is 4.99 Å². The maximum absolute atomic E-state index is 11.7. The highest BCUT2D eigenvalue weighted by Gasteiger charge is 2.26. The van der Waals surface area contributed by atoms with Gasteiger partial charge in [0, 0.05) is 19.6 Å². The molecule has 1 aliphatic rings. The molecule has 0 amide bonds. The molecule has 30 heavy (non-hydrogen) atoms. The minimum Gasteiger partial charge on any atom is -0.489 e. The normalized spacial score (nSPS) is 15.0. The Bertz CT molecular complexity index is 813. The fraction of sp³-hybridized carbons (Fsp3) is 0.417. The Morgan fingerprint density at radius 3 is 2.37 bits per heavy atom. The fourth-order valence-corrected chi connectivity index (χ4v) is 3.51. The lowest BCUT2D eigenvalue weighted by molar-refractivity contribution is -0.146. The Labute approximate surface area is 178 Å². The van der Waals surface area contributed by atoms with Crippen LogP contribution < -0.4 is 10.1 Å². The van der Waals surface area contributed by atoms with E-state index in [1.54, 1.807) is 0 Å². The number of nitrogens with one attached hydrogen (secondary N) is 1. The van der Waals surface area contributed by atoms with E-state index in [1.807, 2.05) is 30.3 Å². The van der Waals surface area contributed by atoms with Gasteiger partial charge in [-0.3, -0.25) is 4.79 Å². The molecule has 1 saturated heterocycles. The predicted octanol–water partition coefficient (Wildman–Crippen LogP) is 3.62. The van der Waals surface area contributed by atoms with Crippen molar-refractivity contribution in [2.45, 2.75) is 32.9 Å². The molecule has 0 atom stereocenters. The van der Waals surface area contributed by atoms with E-state index < -0.39 is 0 Å². The van der Waals surface area contributed by atoms with Gasteiger partial charge in [0.25, 0.3) is 0 Å². The molecule has 0 aliphatic carbocycles. The van der Waals surface area contributed by atoms with Gasteiger partial charge in [-0.2, -0.15) is 0 Å². The first-order valence-corrected chi connectivity index (χ1v) is 10.6. The lowest BCUT2D eigenvalue weighted by Crippen LogP contribution is -2.46. The van der Waals surface area contributed by atoms with Crippen LogP contribution in [0.25, 0.3) is 0 Å². The molecular weight excluding hydrogens is 378 g/mol. The molecule has 0 saturated carbocycles. The van der Waals surface area contributed by atoms with Crippen molar-refractivity contribution in [3.63, 3.8) is 0 Å². The summed E-state index contributed by atoms with van der Waals surface area (Å²) in [6.45, 7) is 5.65. The summed E-state index contributed by atoms with van der Waals surface area (Å²) in [6.07, 6.45) is 1.60. The molecule has 6 heteroatoms.